The SMILES string of the molecule is N#Cc1cccc(N2Cc3nc(-c4ccccn4)oc3C2)c1. The predicted octanol–water partition coefficient (Wildman–Crippen LogP) is 3.13. The van der Waals surface area contributed by atoms with Gasteiger partial charge < -0.3 is 9.32 Å². The molecule has 0 aliphatic carbocycles. The van der Waals surface area contributed by atoms with Crippen molar-refractivity contribution < 1.29 is 4.42 Å². The number of hydrogen-bond acceptors (Lipinski definition) is 5. The van der Waals surface area contributed by atoms with Gasteiger partial charge in [0.2, 0.25) is 5.89 Å². The van der Waals surface area contributed by atoms with Crippen LogP contribution in [0.2, 0.25) is 0 Å². The first-order valence-corrected chi connectivity index (χ1v) is 6.98. The number of anilines is 1. The lowest BCUT2D eigenvalue weighted by Crippen LogP contribution is -2.15. The lowest BCUT2D eigenvalue weighted by Gasteiger charge is -2.17. The number of aromatic nitrogens is 2. The third-order valence-corrected chi connectivity index (χ3v) is 3.68. The van der Waals surface area contributed by atoms with Gasteiger partial charge in [0.25, 0.3) is 0 Å². The molecule has 0 atom stereocenters. The van der Waals surface area contributed by atoms with Crippen LogP contribution in [0.4, 0.5) is 5.69 Å². The number of fused-ring (bicyclic) bond motifs is 1. The Morgan fingerprint density at radius 2 is 2.09 bits per heavy atom. The second kappa shape index (κ2) is 5.01. The molecule has 1 aliphatic rings. The van der Waals surface area contributed by atoms with Crippen molar-refractivity contribution in [2.24, 2.45) is 0 Å². The Hall–Kier alpha value is -3.13. The summed E-state index contributed by atoms with van der Waals surface area (Å²) in [5, 5.41) is 8.99. The molecule has 4 rings (SSSR count). The van der Waals surface area contributed by atoms with Crippen LogP contribution in [0.25, 0.3) is 11.6 Å². The molecule has 0 N–H and O–H groups in total. The molecule has 3 aromatic rings. The van der Waals surface area contributed by atoms with Crippen molar-refractivity contribution in [2.75, 3.05) is 4.90 Å². The van der Waals surface area contributed by atoms with Gasteiger partial charge in [-0.25, -0.2) is 4.98 Å². The van der Waals surface area contributed by atoms with Crippen LogP contribution in [0.15, 0.2) is 53.1 Å². The van der Waals surface area contributed by atoms with Crippen molar-refractivity contribution >= 4 is 5.69 Å². The maximum Gasteiger partial charge on any atom is 0.245 e. The molecule has 2 aromatic heterocycles. The minimum Gasteiger partial charge on any atom is -0.438 e. The van der Waals surface area contributed by atoms with Gasteiger partial charge in [-0.3, -0.25) is 4.98 Å². The molecule has 106 valence electrons. The molecule has 5 nitrogen and oxygen atoms in total. The molecule has 0 saturated heterocycles. The molecule has 0 bridgehead atoms. The van der Waals surface area contributed by atoms with Gasteiger partial charge in [0.1, 0.15) is 17.1 Å². The maximum atomic E-state index is 8.99. The molecule has 0 saturated carbocycles. The predicted molar refractivity (Wildman–Crippen MR) is 80.8 cm³/mol. The van der Waals surface area contributed by atoms with E-state index in [1.54, 1.807) is 12.3 Å². The largest absolute Gasteiger partial charge is 0.438 e. The van der Waals surface area contributed by atoms with Crippen LogP contribution in [0, 0.1) is 11.3 Å². The van der Waals surface area contributed by atoms with E-state index in [0.717, 1.165) is 22.8 Å². The van der Waals surface area contributed by atoms with Crippen molar-refractivity contribution in [3.63, 3.8) is 0 Å². The van der Waals surface area contributed by atoms with Crippen molar-refractivity contribution in [1.82, 2.24) is 9.97 Å². The molecule has 0 spiro atoms. The first kappa shape index (κ1) is 12.6. The smallest absolute Gasteiger partial charge is 0.245 e. The summed E-state index contributed by atoms with van der Waals surface area (Å²) in [7, 11) is 0. The number of oxazole rings is 1. The molecule has 0 amide bonds. The zero-order valence-electron chi connectivity index (χ0n) is 11.7. The van der Waals surface area contributed by atoms with Gasteiger partial charge in [-0.2, -0.15) is 5.26 Å². The van der Waals surface area contributed by atoms with Crippen LogP contribution in [-0.4, -0.2) is 9.97 Å². The van der Waals surface area contributed by atoms with Crippen molar-refractivity contribution in [1.29, 1.82) is 5.26 Å². The monoisotopic (exact) mass is 288 g/mol. The Morgan fingerprint density at radius 3 is 2.86 bits per heavy atom. The maximum absolute atomic E-state index is 8.99. The van der Waals surface area contributed by atoms with Gasteiger partial charge in [0.15, 0.2) is 0 Å². The number of rotatable bonds is 2. The highest BCUT2D eigenvalue weighted by atomic mass is 16.4. The number of benzene rings is 1. The van der Waals surface area contributed by atoms with Crippen LogP contribution < -0.4 is 4.90 Å². The molecule has 0 radical (unpaired) electrons. The summed E-state index contributed by atoms with van der Waals surface area (Å²) in [6.07, 6.45) is 1.73. The summed E-state index contributed by atoms with van der Waals surface area (Å²) in [6.45, 7) is 1.34. The highest BCUT2D eigenvalue weighted by Gasteiger charge is 2.26. The molecule has 1 aromatic carbocycles. The average molecular weight is 288 g/mol. The van der Waals surface area contributed by atoms with Crippen LogP contribution in [0.1, 0.15) is 17.0 Å². The highest BCUT2D eigenvalue weighted by Crippen LogP contribution is 2.31. The fourth-order valence-electron chi connectivity index (χ4n) is 2.59. The van der Waals surface area contributed by atoms with Crippen molar-refractivity contribution in [2.45, 2.75) is 13.1 Å². The Labute approximate surface area is 127 Å². The van der Waals surface area contributed by atoms with Gasteiger partial charge in [-0.15, -0.1) is 0 Å². The first-order chi connectivity index (χ1) is 10.8. The van der Waals surface area contributed by atoms with Crippen molar-refractivity contribution in [3.05, 3.63) is 65.7 Å². The third kappa shape index (κ3) is 2.11. The Morgan fingerprint density at radius 1 is 1.14 bits per heavy atom. The standard InChI is InChI=1S/C17H12N4O/c18-9-12-4-3-5-13(8-12)21-10-15-16(11-21)22-17(20-15)14-6-1-2-7-19-14/h1-8H,10-11H2. The molecule has 3 heterocycles. The van der Waals surface area contributed by atoms with E-state index in [0.29, 0.717) is 24.5 Å². The van der Waals surface area contributed by atoms with Crippen LogP contribution in [0.5, 0.6) is 0 Å². The minimum absolute atomic E-state index is 0.566. The molecule has 0 unspecified atom stereocenters. The van der Waals surface area contributed by atoms with E-state index in [2.05, 4.69) is 20.9 Å². The van der Waals surface area contributed by atoms with Gasteiger partial charge in [-0.05, 0) is 30.3 Å². The Kier molecular flexibility index (Phi) is 2.87. The third-order valence-electron chi connectivity index (χ3n) is 3.68. The highest BCUT2D eigenvalue weighted by molar-refractivity contribution is 5.55. The topological polar surface area (TPSA) is 66.0 Å². The minimum atomic E-state index is 0.566. The summed E-state index contributed by atoms with van der Waals surface area (Å²) < 4.78 is 5.84. The van der Waals surface area contributed by atoms with E-state index in [1.165, 1.54) is 0 Å². The summed E-state index contributed by atoms with van der Waals surface area (Å²) in [6, 6.07) is 15.4. The Bertz CT molecular complexity index is 840. The zero-order chi connectivity index (χ0) is 14.9. The van der Waals surface area contributed by atoms with E-state index in [1.807, 2.05) is 36.4 Å². The normalized spacial score (nSPS) is 13.0. The van der Waals surface area contributed by atoms with E-state index >= 15 is 0 Å². The number of nitriles is 1. The molecular formula is C17H12N4O. The fraction of sp³-hybridized carbons (Fsp3) is 0.118. The van der Waals surface area contributed by atoms with Crippen molar-refractivity contribution in [3.8, 4) is 17.7 Å². The molecule has 5 heteroatoms. The summed E-state index contributed by atoms with van der Waals surface area (Å²) in [5.74, 6) is 1.43. The lowest BCUT2D eigenvalue weighted by molar-refractivity contribution is 0.520. The zero-order valence-corrected chi connectivity index (χ0v) is 11.7. The van der Waals surface area contributed by atoms with E-state index in [-0.39, 0.29) is 0 Å². The molecule has 22 heavy (non-hydrogen) atoms. The van der Waals surface area contributed by atoms with Gasteiger partial charge in [0.05, 0.1) is 24.7 Å². The molecule has 1 aliphatic heterocycles. The van der Waals surface area contributed by atoms with Crippen LogP contribution in [0.3, 0.4) is 0 Å². The van der Waals surface area contributed by atoms with Crippen LogP contribution in [-0.2, 0) is 13.1 Å². The van der Waals surface area contributed by atoms with Gasteiger partial charge in [0, 0.05) is 11.9 Å². The number of hydrogen-bond donors (Lipinski definition) is 0. The summed E-state index contributed by atoms with van der Waals surface area (Å²) in [4.78, 5) is 10.9. The molecular weight excluding hydrogens is 276 g/mol. The van der Waals surface area contributed by atoms with E-state index in [4.69, 9.17) is 9.68 Å². The summed E-state index contributed by atoms with van der Waals surface area (Å²) >= 11 is 0. The first-order valence-electron chi connectivity index (χ1n) is 6.98. The molecule has 0 fully saturated rings. The average Bonchev–Trinajstić information content (AvgIpc) is 3.14. The van der Waals surface area contributed by atoms with Gasteiger partial charge in [-0.1, -0.05) is 12.1 Å². The second-order valence-corrected chi connectivity index (χ2v) is 5.12. The number of nitrogens with zero attached hydrogens (tertiary/aromatic N) is 4. The quantitative estimate of drug-likeness (QED) is 0.724. The Balaban J connectivity index is 1.60. The van der Waals surface area contributed by atoms with E-state index < -0.39 is 0 Å². The fourth-order valence-corrected chi connectivity index (χ4v) is 2.59. The lowest BCUT2D eigenvalue weighted by atomic mass is 10.2. The number of pyridine rings is 1. The van der Waals surface area contributed by atoms with Crippen LogP contribution >= 0.6 is 0 Å². The van der Waals surface area contributed by atoms with E-state index in [9.17, 15) is 0 Å². The summed E-state index contributed by atoms with van der Waals surface area (Å²) in [5.41, 5.74) is 3.34. The second-order valence-electron chi connectivity index (χ2n) is 5.12. The van der Waals surface area contributed by atoms with Gasteiger partial charge >= 0.3 is 0 Å².